The highest BCUT2D eigenvalue weighted by Crippen LogP contribution is 2.23. The summed E-state index contributed by atoms with van der Waals surface area (Å²) in [5, 5.41) is 0. The average Bonchev–Trinajstić information content (AvgIpc) is 2.50. The van der Waals surface area contributed by atoms with Crippen LogP contribution in [0.2, 0.25) is 0 Å². The highest BCUT2D eigenvalue weighted by Gasteiger charge is 2.16. The number of nitrogens with zero attached hydrogens (tertiary/aromatic N) is 1. The van der Waals surface area contributed by atoms with Crippen LogP contribution in [-0.4, -0.2) is 19.6 Å². The summed E-state index contributed by atoms with van der Waals surface area (Å²) >= 11 is 0. The van der Waals surface area contributed by atoms with Gasteiger partial charge in [-0.05, 0) is 36.8 Å². The standard InChI is InChI=1S/C17H20N2O2/c1-3-19(16-7-5-4-6-15(16)18)17(20)12-13-8-10-14(21-2)11-9-13/h4-11H,3,12,18H2,1-2H3. The van der Waals surface area contributed by atoms with Gasteiger partial charge in [-0.2, -0.15) is 0 Å². The quantitative estimate of drug-likeness (QED) is 0.859. The molecule has 110 valence electrons. The molecule has 0 saturated carbocycles. The van der Waals surface area contributed by atoms with Crippen LogP contribution >= 0.6 is 0 Å². The van der Waals surface area contributed by atoms with Gasteiger partial charge >= 0.3 is 0 Å². The van der Waals surface area contributed by atoms with E-state index < -0.39 is 0 Å². The number of benzene rings is 2. The lowest BCUT2D eigenvalue weighted by atomic mass is 10.1. The highest BCUT2D eigenvalue weighted by atomic mass is 16.5. The Bertz CT molecular complexity index is 608. The number of hydrogen-bond acceptors (Lipinski definition) is 3. The van der Waals surface area contributed by atoms with Crippen molar-refractivity contribution < 1.29 is 9.53 Å². The van der Waals surface area contributed by atoms with Crippen LogP contribution in [0.4, 0.5) is 11.4 Å². The Morgan fingerprint density at radius 3 is 2.38 bits per heavy atom. The van der Waals surface area contributed by atoms with E-state index in [-0.39, 0.29) is 5.91 Å². The van der Waals surface area contributed by atoms with Gasteiger partial charge in [0.05, 0.1) is 24.9 Å². The molecule has 21 heavy (non-hydrogen) atoms. The lowest BCUT2D eigenvalue weighted by molar-refractivity contribution is -0.117. The number of carbonyl (C=O) groups is 1. The molecule has 0 fully saturated rings. The van der Waals surface area contributed by atoms with Gasteiger partial charge in [0.2, 0.25) is 5.91 Å². The van der Waals surface area contributed by atoms with Crippen LogP contribution in [0.1, 0.15) is 12.5 Å². The van der Waals surface area contributed by atoms with E-state index in [9.17, 15) is 4.79 Å². The Morgan fingerprint density at radius 2 is 1.81 bits per heavy atom. The second-order valence-corrected chi connectivity index (χ2v) is 4.72. The fraction of sp³-hybridized carbons (Fsp3) is 0.235. The molecule has 0 radical (unpaired) electrons. The summed E-state index contributed by atoms with van der Waals surface area (Å²) < 4.78 is 5.12. The monoisotopic (exact) mass is 284 g/mol. The first-order valence-electron chi connectivity index (χ1n) is 6.93. The summed E-state index contributed by atoms with van der Waals surface area (Å²) in [5.74, 6) is 0.811. The van der Waals surface area contributed by atoms with Crippen molar-refractivity contribution in [2.45, 2.75) is 13.3 Å². The summed E-state index contributed by atoms with van der Waals surface area (Å²) in [6.07, 6.45) is 0.339. The molecule has 0 atom stereocenters. The molecule has 2 aromatic rings. The normalized spacial score (nSPS) is 10.2. The zero-order valence-electron chi connectivity index (χ0n) is 12.4. The lowest BCUT2D eigenvalue weighted by Gasteiger charge is -2.22. The Hall–Kier alpha value is -2.49. The Kier molecular flexibility index (Phi) is 4.82. The van der Waals surface area contributed by atoms with Gasteiger partial charge in [0.25, 0.3) is 0 Å². The maximum absolute atomic E-state index is 12.5. The largest absolute Gasteiger partial charge is 0.497 e. The van der Waals surface area contributed by atoms with E-state index >= 15 is 0 Å². The maximum atomic E-state index is 12.5. The summed E-state index contributed by atoms with van der Waals surface area (Å²) in [6.45, 7) is 2.53. The van der Waals surface area contributed by atoms with Crippen LogP contribution in [0.15, 0.2) is 48.5 Å². The molecular weight excluding hydrogens is 264 g/mol. The fourth-order valence-corrected chi connectivity index (χ4v) is 2.23. The number of methoxy groups -OCH3 is 1. The molecule has 0 bridgehead atoms. The second kappa shape index (κ2) is 6.79. The van der Waals surface area contributed by atoms with Gasteiger partial charge in [0.1, 0.15) is 5.75 Å². The molecule has 0 aliphatic carbocycles. The number of para-hydroxylation sites is 2. The minimum atomic E-state index is 0.0283. The molecule has 2 aromatic carbocycles. The third-order valence-corrected chi connectivity index (χ3v) is 3.36. The van der Waals surface area contributed by atoms with Crippen LogP contribution in [0, 0.1) is 0 Å². The minimum Gasteiger partial charge on any atom is -0.497 e. The molecule has 4 nitrogen and oxygen atoms in total. The summed E-state index contributed by atoms with van der Waals surface area (Å²) in [5.41, 5.74) is 8.28. The molecule has 0 heterocycles. The van der Waals surface area contributed by atoms with Crippen molar-refractivity contribution in [1.82, 2.24) is 0 Å². The second-order valence-electron chi connectivity index (χ2n) is 4.72. The van der Waals surface area contributed by atoms with Gasteiger partial charge in [-0.3, -0.25) is 4.79 Å². The number of rotatable bonds is 5. The molecule has 0 unspecified atom stereocenters. The summed E-state index contributed by atoms with van der Waals surface area (Å²) in [4.78, 5) is 14.2. The lowest BCUT2D eigenvalue weighted by Crippen LogP contribution is -2.32. The van der Waals surface area contributed by atoms with E-state index in [0.29, 0.717) is 18.7 Å². The molecule has 0 spiro atoms. The number of likely N-dealkylation sites (N-methyl/N-ethyl adjacent to an activating group) is 1. The zero-order chi connectivity index (χ0) is 15.2. The van der Waals surface area contributed by atoms with E-state index in [1.54, 1.807) is 18.1 Å². The Morgan fingerprint density at radius 1 is 1.14 bits per heavy atom. The van der Waals surface area contributed by atoms with E-state index in [4.69, 9.17) is 10.5 Å². The molecule has 1 amide bonds. The predicted molar refractivity (Wildman–Crippen MR) is 85.6 cm³/mol. The molecule has 0 aliphatic heterocycles. The topological polar surface area (TPSA) is 55.6 Å². The van der Waals surface area contributed by atoms with Gasteiger partial charge < -0.3 is 15.4 Å². The van der Waals surface area contributed by atoms with Gasteiger partial charge in [0.15, 0.2) is 0 Å². The number of amides is 1. The Balaban J connectivity index is 2.15. The molecule has 0 aliphatic rings. The van der Waals surface area contributed by atoms with Crippen molar-refractivity contribution in [3.63, 3.8) is 0 Å². The first kappa shape index (κ1) is 14.9. The van der Waals surface area contributed by atoms with Crippen LogP contribution < -0.4 is 15.4 Å². The number of ether oxygens (including phenoxy) is 1. The van der Waals surface area contributed by atoms with Crippen molar-refractivity contribution >= 4 is 17.3 Å². The molecular formula is C17H20N2O2. The average molecular weight is 284 g/mol. The molecule has 2 N–H and O–H groups in total. The number of carbonyl (C=O) groups excluding carboxylic acids is 1. The number of nitrogen functional groups attached to an aromatic ring is 1. The van der Waals surface area contributed by atoms with Gasteiger partial charge in [-0.1, -0.05) is 24.3 Å². The Labute approximate surface area is 125 Å². The SMILES string of the molecule is CCN(C(=O)Cc1ccc(OC)cc1)c1ccccc1N. The van der Waals surface area contributed by atoms with E-state index in [1.807, 2.05) is 49.4 Å². The van der Waals surface area contributed by atoms with Crippen LogP contribution in [0.3, 0.4) is 0 Å². The number of anilines is 2. The zero-order valence-corrected chi connectivity index (χ0v) is 12.4. The van der Waals surface area contributed by atoms with Crippen LogP contribution in [0.5, 0.6) is 5.75 Å². The van der Waals surface area contributed by atoms with Crippen molar-refractivity contribution in [3.05, 3.63) is 54.1 Å². The van der Waals surface area contributed by atoms with Crippen molar-refractivity contribution in [1.29, 1.82) is 0 Å². The van der Waals surface area contributed by atoms with Crippen LogP contribution in [-0.2, 0) is 11.2 Å². The van der Waals surface area contributed by atoms with Crippen molar-refractivity contribution in [2.75, 3.05) is 24.3 Å². The molecule has 0 aromatic heterocycles. The van der Waals surface area contributed by atoms with Gasteiger partial charge in [-0.25, -0.2) is 0 Å². The number of nitrogens with two attached hydrogens (primary N) is 1. The van der Waals surface area contributed by atoms with E-state index in [2.05, 4.69) is 0 Å². The molecule has 4 heteroatoms. The maximum Gasteiger partial charge on any atom is 0.231 e. The molecule has 2 rings (SSSR count). The predicted octanol–water partition coefficient (Wildman–Crippen LogP) is 2.87. The van der Waals surface area contributed by atoms with Crippen molar-refractivity contribution in [2.24, 2.45) is 0 Å². The van der Waals surface area contributed by atoms with E-state index in [0.717, 1.165) is 17.0 Å². The third kappa shape index (κ3) is 3.54. The van der Waals surface area contributed by atoms with E-state index in [1.165, 1.54) is 0 Å². The highest BCUT2D eigenvalue weighted by molar-refractivity contribution is 5.97. The number of hydrogen-bond donors (Lipinski definition) is 1. The smallest absolute Gasteiger partial charge is 0.231 e. The van der Waals surface area contributed by atoms with Crippen molar-refractivity contribution in [3.8, 4) is 5.75 Å². The fourth-order valence-electron chi connectivity index (χ4n) is 2.23. The van der Waals surface area contributed by atoms with Crippen LogP contribution in [0.25, 0.3) is 0 Å². The summed E-state index contributed by atoms with van der Waals surface area (Å²) in [7, 11) is 1.62. The molecule has 0 saturated heterocycles. The summed E-state index contributed by atoms with van der Waals surface area (Å²) in [6, 6.07) is 14.9. The van der Waals surface area contributed by atoms with Gasteiger partial charge in [0, 0.05) is 6.54 Å². The first-order chi connectivity index (χ1) is 10.2. The first-order valence-corrected chi connectivity index (χ1v) is 6.93. The third-order valence-electron chi connectivity index (χ3n) is 3.36. The minimum absolute atomic E-state index is 0.0283. The van der Waals surface area contributed by atoms with Gasteiger partial charge in [-0.15, -0.1) is 0 Å².